The van der Waals surface area contributed by atoms with Crippen molar-refractivity contribution in [2.24, 2.45) is 7.05 Å². The molecule has 11 aromatic rings. The molecule has 0 radical (unpaired) electrons. The number of rotatable bonds is 8. The van der Waals surface area contributed by atoms with E-state index in [0.29, 0.717) is 0 Å². The predicted molar refractivity (Wildman–Crippen MR) is 264 cm³/mol. The third kappa shape index (κ3) is 6.90. The van der Waals surface area contributed by atoms with Gasteiger partial charge < -0.3 is 4.57 Å². The lowest BCUT2D eigenvalue weighted by Gasteiger charge is -2.14. The molecule has 10 aromatic carbocycles. The molecule has 1 heterocycles. The molecule has 0 aliphatic carbocycles. The van der Waals surface area contributed by atoms with Gasteiger partial charge in [0.25, 0.3) is 0 Å². The molecule has 1 heteroatoms. The van der Waals surface area contributed by atoms with Gasteiger partial charge in [0.1, 0.15) is 0 Å². The minimum Gasteiger partial charge on any atom is -0.343 e. The lowest BCUT2D eigenvalue weighted by molar-refractivity contribution is 1.02. The summed E-state index contributed by atoms with van der Waals surface area (Å²) in [4.78, 5) is 0. The Balaban J connectivity index is 1.02. The topological polar surface area (TPSA) is 4.93 Å². The second-order valence-electron chi connectivity index (χ2n) is 16.2. The van der Waals surface area contributed by atoms with Crippen molar-refractivity contribution in [3.8, 4) is 89.0 Å². The van der Waals surface area contributed by atoms with Crippen molar-refractivity contribution in [1.82, 2.24) is 4.57 Å². The molecule has 0 aliphatic rings. The molecule has 1 aromatic heterocycles. The molecular weight excluding hydrogens is 747 g/mol. The van der Waals surface area contributed by atoms with Gasteiger partial charge in [0.15, 0.2) is 0 Å². The molecule has 0 spiro atoms. The lowest BCUT2D eigenvalue weighted by Crippen LogP contribution is -1.93. The molecule has 0 N–H and O–H groups in total. The third-order valence-electron chi connectivity index (χ3n) is 12.3. The molecule has 0 fully saturated rings. The first kappa shape index (κ1) is 37.0. The standard InChI is InChI=1S/C61H43N/c1-62-60-56(48-28-14-26-46(34-48)54-38-50(42-18-6-2-7-19-42)36-51(39-54)43-20-8-3-9-21-43)30-16-32-58(60)59-33-17-31-57(61(59)62)49-29-15-27-47(35-49)55-40-52(44-22-10-4-11-23-44)37-53(41-55)45-24-12-5-13-25-45/h2-41H,1H3. The molecular formula is C61H43N. The monoisotopic (exact) mass is 789 g/mol. The Hall–Kier alpha value is -8.00. The molecule has 1 nitrogen and oxygen atoms in total. The first-order valence-corrected chi connectivity index (χ1v) is 21.4. The third-order valence-corrected chi connectivity index (χ3v) is 12.3. The van der Waals surface area contributed by atoms with E-state index in [1.807, 2.05) is 0 Å². The molecule has 62 heavy (non-hydrogen) atoms. The fourth-order valence-electron chi connectivity index (χ4n) is 9.33. The van der Waals surface area contributed by atoms with Crippen molar-refractivity contribution in [3.05, 3.63) is 243 Å². The Morgan fingerprint density at radius 2 is 0.452 bits per heavy atom. The minimum absolute atomic E-state index is 1.19. The van der Waals surface area contributed by atoms with E-state index in [1.54, 1.807) is 0 Å². The van der Waals surface area contributed by atoms with Gasteiger partial charge in [-0.15, -0.1) is 0 Å². The van der Waals surface area contributed by atoms with Crippen LogP contribution in [-0.4, -0.2) is 4.57 Å². The second-order valence-corrected chi connectivity index (χ2v) is 16.2. The molecule has 11 rings (SSSR count). The van der Waals surface area contributed by atoms with Crippen LogP contribution in [0, 0.1) is 0 Å². The van der Waals surface area contributed by atoms with Gasteiger partial charge in [0.2, 0.25) is 0 Å². The highest BCUT2D eigenvalue weighted by Crippen LogP contribution is 2.42. The van der Waals surface area contributed by atoms with Crippen molar-refractivity contribution in [3.63, 3.8) is 0 Å². The summed E-state index contributed by atoms with van der Waals surface area (Å²) in [5.74, 6) is 0. The van der Waals surface area contributed by atoms with Gasteiger partial charge in [-0.25, -0.2) is 0 Å². The van der Waals surface area contributed by atoms with Crippen LogP contribution in [0.4, 0.5) is 0 Å². The molecule has 0 unspecified atom stereocenters. The Kier molecular flexibility index (Phi) is 9.48. The summed E-state index contributed by atoms with van der Waals surface area (Å²) in [5.41, 5.74) is 21.7. The summed E-state index contributed by atoms with van der Waals surface area (Å²) >= 11 is 0. The molecule has 0 atom stereocenters. The summed E-state index contributed by atoms with van der Waals surface area (Å²) in [6, 6.07) is 88.4. The summed E-state index contributed by atoms with van der Waals surface area (Å²) < 4.78 is 2.42. The quantitative estimate of drug-likeness (QED) is 0.144. The summed E-state index contributed by atoms with van der Waals surface area (Å²) in [6.45, 7) is 0. The van der Waals surface area contributed by atoms with Gasteiger partial charge in [-0.1, -0.05) is 194 Å². The lowest BCUT2D eigenvalue weighted by atomic mass is 9.91. The maximum Gasteiger partial charge on any atom is 0.0568 e. The zero-order valence-electron chi connectivity index (χ0n) is 34.5. The first-order chi connectivity index (χ1) is 30.6. The summed E-state index contributed by atoms with van der Waals surface area (Å²) in [5, 5.41) is 2.51. The highest BCUT2D eigenvalue weighted by molar-refractivity contribution is 6.16. The normalized spacial score (nSPS) is 11.3. The van der Waals surface area contributed by atoms with Crippen LogP contribution in [0.5, 0.6) is 0 Å². The number of fused-ring (bicyclic) bond motifs is 3. The van der Waals surface area contributed by atoms with Gasteiger partial charge in [-0.2, -0.15) is 0 Å². The number of aromatic nitrogens is 1. The molecule has 0 bridgehead atoms. The van der Waals surface area contributed by atoms with Crippen molar-refractivity contribution in [2.45, 2.75) is 0 Å². The highest BCUT2D eigenvalue weighted by Gasteiger charge is 2.18. The van der Waals surface area contributed by atoms with Crippen LogP contribution in [0.3, 0.4) is 0 Å². The van der Waals surface area contributed by atoms with E-state index >= 15 is 0 Å². The van der Waals surface area contributed by atoms with Crippen LogP contribution >= 0.6 is 0 Å². The van der Waals surface area contributed by atoms with Crippen LogP contribution in [-0.2, 0) is 7.05 Å². The van der Waals surface area contributed by atoms with Gasteiger partial charge in [0, 0.05) is 28.9 Å². The Labute approximate surface area is 363 Å². The van der Waals surface area contributed by atoms with Crippen LogP contribution < -0.4 is 0 Å². The summed E-state index contributed by atoms with van der Waals surface area (Å²) in [7, 11) is 2.23. The number of para-hydroxylation sites is 2. The van der Waals surface area contributed by atoms with E-state index in [0.717, 1.165) is 0 Å². The zero-order chi connectivity index (χ0) is 41.4. The highest BCUT2D eigenvalue weighted by atomic mass is 14.9. The number of hydrogen-bond acceptors (Lipinski definition) is 0. The van der Waals surface area contributed by atoms with E-state index in [1.165, 1.54) is 111 Å². The van der Waals surface area contributed by atoms with Crippen LogP contribution in [0.25, 0.3) is 111 Å². The Bertz CT molecular complexity index is 3040. The van der Waals surface area contributed by atoms with E-state index < -0.39 is 0 Å². The van der Waals surface area contributed by atoms with Crippen LogP contribution in [0.2, 0.25) is 0 Å². The van der Waals surface area contributed by atoms with E-state index in [4.69, 9.17) is 0 Å². The molecule has 0 amide bonds. The zero-order valence-corrected chi connectivity index (χ0v) is 34.5. The average molecular weight is 790 g/mol. The Morgan fingerprint density at radius 3 is 0.774 bits per heavy atom. The Morgan fingerprint density at radius 1 is 0.210 bits per heavy atom. The van der Waals surface area contributed by atoms with E-state index in [-0.39, 0.29) is 0 Å². The van der Waals surface area contributed by atoms with Gasteiger partial charge in [0.05, 0.1) is 11.0 Å². The SMILES string of the molecule is Cn1c2c(-c3cccc(-c4cc(-c5ccccc5)cc(-c5ccccc5)c4)c3)cccc2c2cccc(-c3cccc(-c4cc(-c5ccccc5)cc(-c5ccccc5)c4)c3)c21. The van der Waals surface area contributed by atoms with Gasteiger partial charge in [-0.3, -0.25) is 0 Å². The van der Waals surface area contributed by atoms with Crippen molar-refractivity contribution in [1.29, 1.82) is 0 Å². The van der Waals surface area contributed by atoms with E-state index in [9.17, 15) is 0 Å². The maximum atomic E-state index is 2.42. The van der Waals surface area contributed by atoms with Gasteiger partial charge in [-0.05, 0) is 126 Å². The van der Waals surface area contributed by atoms with Crippen molar-refractivity contribution >= 4 is 21.8 Å². The first-order valence-electron chi connectivity index (χ1n) is 21.4. The molecule has 292 valence electrons. The predicted octanol–water partition coefficient (Wildman–Crippen LogP) is 16.7. The largest absolute Gasteiger partial charge is 0.343 e. The smallest absolute Gasteiger partial charge is 0.0568 e. The molecule has 0 saturated heterocycles. The van der Waals surface area contributed by atoms with Crippen molar-refractivity contribution in [2.75, 3.05) is 0 Å². The fourth-order valence-corrected chi connectivity index (χ4v) is 9.33. The van der Waals surface area contributed by atoms with Gasteiger partial charge >= 0.3 is 0 Å². The minimum atomic E-state index is 1.19. The average Bonchev–Trinajstić information content (AvgIpc) is 3.66. The van der Waals surface area contributed by atoms with E-state index in [2.05, 4.69) is 254 Å². The van der Waals surface area contributed by atoms with Crippen LogP contribution in [0.15, 0.2) is 243 Å². The molecule has 0 aliphatic heterocycles. The van der Waals surface area contributed by atoms with Crippen molar-refractivity contribution < 1.29 is 0 Å². The number of benzene rings is 10. The fraction of sp³-hybridized carbons (Fsp3) is 0.0164. The number of hydrogen-bond donors (Lipinski definition) is 0. The van der Waals surface area contributed by atoms with Crippen LogP contribution in [0.1, 0.15) is 0 Å². The number of aryl methyl sites for hydroxylation is 1. The number of nitrogens with zero attached hydrogens (tertiary/aromatic N) is 1. The summed E-state index contributed by atoms with van der Waals surface area (Å²) in [6.07, 6.45) is 0. The maximum absolute atomic E-state index is 2.42. The molecule has 0 saturated carbocycles. The second kappa shape index (κ2) is 15.9.